The summed E-state index contributed by atoms with van der Waals surface area (Å²) < 4.78 is 18.3. The van der Waals surface area contributed by atoms with Gasteiger partial charge in [0, 0.05) is 34.9 Å². The number of fused-ring (bicyclic) bond motifs is 3. The second-order valence-corrected chi connectivity index (χ2v) is 13.7. The molecule has 5 aromatic carbocycles. The molecule has 0 saturated carbocycles. The van der Waals surface area contributed by atoms with Gasteiger partial charge in [0.2, 0.25) is 0 Å². The van der Waals surface area contributed by atoms with Crippen LogP contribution in [-0.2, 0) is 6.42 Å². The number of imidazole rings is 1. The van der Waals surface area contributed by atoms with Crippen LogP contribution in [0.1, 0.15) is 61.8 Å². The fourth-order valence-electron chi connectivity index (χ4n) is 7.26. The Morgan fingerprint density at radius 1 is 0.580 bits per heavy atom. The lowest BCUT2D eigenvalue weighted by atomic mass is 9.88. The van der Waals surface area contributed by atoms with E-state index in [-0.39, 0.29) is 17.7 Å². The minimum Gasteiger partial charge on any atom is -0.299 e. The number of rotatable bonds is 8. The van der Waals surface area contributed by atoms with Crippen LogP contribution in [0.25, 0.3) is 55.8 Å². The smallest absolute Gasteiger partial charge is 0.144 e. The highest BCUT2D eigenvalue weighted by Crippen LogP contribution is 2.38. The second-order valence-electron chi connectivity index (χ2n) is 13.7. The second kappa shape index (κ2) is 12.9. The largest absolute Gasteiger partial charge is 0.299 e. The third-order valence-corrected chi connectivity index (χ3v) is 9.68. The normalized spacial score (nSPS) is 11.7. The first-order valence-electron chi connectivity index (χ1n) is 17.4. The Labute approximate surface area is 292 Å². The third kappa shape index (κ3) is 5.69. The molecule has 8 aromatic rings. The molecule has 0 unspecified atom stereocenters. The molecule has 0 atom stereocenters. The molecule has 0 amide bonds. The lowest BCUT2D eigenvalue weighted by molar-refractivity contribution is 0.628. The van der Waals surface area contributed by atoms with Crippen molar-refractivity contribution in [2.75, 3.05) is 0 Å². The molecule has 0 fully saturated rings. The summed E-state index contributed by atoms with van der Waals surface area (Å²) >= 11 is 0. The van der Waals surface area contributed by atoms with Crippen molar-refractivity contribution < 1.29 is 4.39 Å². The zero-order chi connectivity index (χ0) is 34.4. The maximum absolute atomic E-state index is 13.8. The molecule has 0 N–H and O–H groups in total. The van der Waals surface area contributed by atoms with Crippen molar-refractivity contribution in [1.82, 2.24) is 19.1 Å². The van der Waals surface area contributed by atoms with E-state index in [0.717, 1.165) is 45.8 Å². The zero-order valence-electron chi connectivity index (χ0n) is 28.8. The number of hydrogen-bond donors (Lipinski definition) is 0. The van der Waals surface area contributed by atoms with Crippen LogP contribution in [0.3, 0.4) is 0 Å². The lowest BCUT2D eigenvalue weighted by Gasteiger charge is -2.24. The quantitative estimate of drug-likeness (QED) is 0.163. The summed E-state index contributed by atoms with van der Waals surface area (Å²) in [6, 6.07) is 41.5. The van der Waals surface area contributed by atoms with E-state index in [4.69, 9.17) is 9.97 Å². The van der Waals surface area contributed by atoms with E-state index in [9.17, 15) is 4.39 Å². The van der Waals surface area contributed by atoms with Gasteiger partial charge in [0.25, 0.3) is 0 Å². The Bertz CT molecular complexity index is 2440. The molecule has 0 aliphatic heterocycles. The molecular weight excluding hydrogens is 616 g/mol. The Morgan fingerprint density at radius 3 is 2.04 bits per heavy atom. The maximum atomic E-state index is 13.8. The van der Waals surface area contributed by atoms with Crippen LogP contribution < -0.4 is 0 Å². The average molecular weight is 655 g/mol. The molecule has 0 radical (unpaired) electrons. The number of hydrogen-bond acceptors (Lipinski definition) is 2. The van der Waals surface area contributed by atoms with Gasteiger partial charge < -0.3 is 0 Å². The van der Waals surface area contributed by atoms with Crippen molar-refractivity contribution in [3.05, 3.63) is 168 Å². The van der Waals surface area contributed by atoms with Crippen LogP contribution in [0.2, 0.25) is 0 Å². The molecule has 0 bridgehead atoms. The number of aromatic nitrogens is 4. The molecule has 50 heavy (non-hydrogen) atoms. The predicted octanol–water partition coefficient (Wildman–Crippen LogP) is 11.7. The van der Waals surface area contributed by atoms with E-state index in [2.05, 4.69) is 128 Å². The first-order valence-corrected chi connectivity index (χ1v) is 17.4. The van der Waals surface area contributed by atoms with E-state index in [1.54, 1.807) is 0 Å². The molecule has 3 aromatic heterocycles. The summed E-state index contributed by atoms with van der Waals surface area (Å²) in [5, 5.41) is 2.44. The van der Waals surface area contributed by atoms with Gasteiger partial charge in [-0.1, -0.05) is 94.4 Å². The third-order valence-electron chi connectivity index (χ3n) is 9.68. The summed E-state index contributed by atoms with van der Waals surface area (Å²) in [6.07, 6.45) is 6.61. The van der Waals surface area contributed by atoms with Gasteiger partial charge in [0.05, 0.1) is 16.7 Å². The van der Waals surface area contributed by atoms with Crippen molar-refractivity contribution in [3.8, 4) is 34.0 Å². The van der Waals surface area contributed by atoms with Crippen molar-refractivity contribution in [2.24, 2.45) is 0 Å². The molecule has 0 aliphatic carbocycles. The predicted molar refractivity (Wildman–Crippen MR) is 204 cm³/mol. The summed E-state index contributed by atoms with van der Waals surface area (Å²) in [7, 11) is 0. The van der Waals surface area contributed by atoms with Gasteiger partial charge >= 0.3 is 0 Å². The van der Waals surface area contributed by atoms with Crippen LogP contribution >= 0.6 is 0 Å². The van der Waals surface area contributed by atoms with Crippen LogP contribution in [-0.4, -0.2) is 19.1 Å². The summed E-state index contributed by atoms with van der Waals surface area (Å²) in [6.45, 7) is 8.94. The number of para-hydroxylation sites is 1. The van der Waals surface area contributed by atoms with Crippen molar-refractivity contribution in [2.45, 2.75) is 46.0 Å². The topological polar surface area (TPSA) is 35.6 Å². The Kier molecular flexibility index (Phi) is 8.12. The molecule has 0 spiro atoms. The SMILES string of the molecule is CC(C)c1cc(-c2ccc(F)cc2)cc(C(C)C)c1-n1ccnc1-c1cccc(Cc2ccc3c4ccccc4n(-c4ccccn4)c3c2)c1. The molecule has 8 rings (SSSR count). The summed E-state index contributed by atoms with van der Waals surface area (Å²) in [4.78, 5) is 9.63. The van der Waals surface area contributed by atoms with Gasteiger partial charge in [-0.25, -0.2) is 14.4 Å². The molecule has 246 valence electrons. The van der Waals surface area contributed by atoms with Crippen molar-refractivity contribution in [3.63, 3.8) is 0 Å². The maximum Gasteiger partial charge on any atom is 0.144 e. The van der Waals surface area contributed by atoms with Crippen molar-refractivity contribution >= 4 is 21.8 Å². The van der Waals surface area contributed by atoms with E-state index in [0.29, 0.717) is 0 Å². The fourth-order valence-corrected chi connectivity index (χ4v) is 7.26. The first-order chi connectivity index (χ1) is 24.4. The van der Waals surface area contributed by atoms with E-state index >= 15 is 0 Å². The van der Waals surface area contributed by atoms with E-state index in [1.165, 1.54) is 50.8 Å². The molecule has 0 saturated heterocycles. The van der Waals surface area contributed by atoms with Crippen LogP contribution in [0.15, 0.2) is 140 Å². The fraction of sp³-hybridized carbons (Fsp3) is 0.156. The van der Waals surface area contributed by atoms with Crippen LogP contribution in [0.5, 0.6) is 0 Å². The van der Waals surface area contributed by atoms with Gasteiger partial charge in [-0.05, 0) is 106 Å². The highest BCUT2D eigenvalue weighted by Gasteiger charge is 2.21. The van der Waals surface area contributed by atoms with Gasteiger partial charge in [-0.2, -0.15) is 0 Å². The van der Waals surface area contributed by atoms with E-state index in [1.807, 2.05) is 36.7 Å². The van der Waals surface area contributed by atoms with Gasteiger partial charge in [-0.3, -0.25) is 9.13 Å². The number of pyridine rings is 1. The van der Waals surface area contributed by atoms with Crippen LogP contribution in [0.4, 0.5) is 4.39 Å². The number of benzene rings is 5. The molecule has 0 aliphatic rings. The Morgan fingerprint density at radius 2 is 1.30 bits per heavy atom. The highest BCUT2D eigenvalue weighted by atomic mass is 19.1. The molecular formula is C45H39FN4. The highest BCUT2D eigenvalue weighted by molar-refractivity contribution is 6.09. The van der Waals surface area contributed by atoms with Gasteiger partial charge in [0.1, 0.15) is 17.5 Å². The van der Waals surface area contributed by atoms with Gasteiger partial charge in [0.15, 0.2) is 0 Å². The van der Waals surface area contributed by atoms with Crippen LogP contribution in [0, 0.1) is 5.82 Å². The minimum absolute atomic E-state index is 0.225. The average Bonchev–Trinajstić information content (AvgIpc) is 3.75. The minimum atomic E-state index is -0.225. The standard InChI is InChI=1S/C45H39FN4/c1-29(2)39-27-35(33-16-18-36(46)19-17-33)28-40(30(3)4)44(39)49-23-22-48-45(49)34-11-9-10-31(25-34)24-32-15-20-38-37-12-5-6-13-41(37)50(42(38)26-32)43-14-7-8-21-47-43/h5-23,25-30H,24H2,1-4H3. The van der Waals surface area contributed by atoms with Crippen molar-refractivity contribution in [1.29, 1.82) is 0 Å². The van der Waals surface area contributed by atoms with E-state index < -0.39 is 0 Å². The molecule has 3 heterocycles. The number of nitrogens with zero attached hydrogens (tertiary/aromatic N) is 4. The van der Waals surface area contributed by atoms with Gasteiger partial charge in [-0.15, -0.1) is 0 Å². The lowest BCUT2D eigenvalue weighted by Crippen LogP contribution is -2.09. The summed E-state index contributed by atoms with van der Waals surface area (Å²) in [5.74, 6) is 2.13. The summed E-state index contributed by atoms with van der Waals surface area (Å²) in [5.41, 5.74) is 11.6. The zero-order valence-corrected chi connectivity index (χ0v) is 28.8. The Hall–Kier alpha value is -5.81. The first kappa shape index (κ1) is 31.5. The monoisotopic (exact) mass is 654 g/mol. The molecule has 4 nitrogen and oxygen atoms in total. The number of halogens is 1. The molecule has 5 heteroatoms. The Balaban J connectivity index is 1.19.